The Kier molecular flexibility index (Phi) is 5.16. The van der Waals surface area contributed by atoms with E-state index in [-0.39, 0.29) is 18.8 Å². The first-order chi connectivity index (χ1) is 13.3. The number of urea groups is 1. The van der Waals surface area contributed by atoms with Crippen LogP contribution in [0.15, 0.2) is 48.5 Å². The number of amides is 3. The number of ether oxygens (including phenoxy) is 2. The molecule has 1 atom stereocenters. The summed E-state index contributed by atoms with van der Waals surface area (Å²) in [6, 6.07) is 11.9. The minimum absolute atomic E-state index is 0.0687. The smallest absolute Gasteiger partial charge is 0.325 e. The molecule has 28 heavy (non-hydrogen) atoms. The maximum atomic E-state index is 12.8. The van der Waals surface area contributed by atoms with Gasteiger partial charge in [0.05, 0.1) is 18.6 Å². The van der Waals surface area contributed by atoms with Crippen LogP contribution in [0.4, 0.5) is 10.5 Å². The zero-order chi connectivity index (χ0) is 20.3. The van der Waals surface area contributed by atoms with E-state index in [2.05, 4.69) is 5.32 Å². The third kappa shape index (κ3) is 3.59. The van der Waals surface area contributed by atoms with Crippen molar-refractivity contribution < 1.29 is 24.0 Å². The van der Waals surface area contributed by atoms with Crippen LogP contribution in [-0.2, 0) is 10.3 Å². The second-order valence-electron chi connectivity index (χ2n) is 6.34. The Bertz CT molecular complexity index is 897. The normalized spacial score (nSPS) is 18.7. The highest BCUT2D eigenvalue weighted by Crippen LogP contribution is 2.30. The first-order valence-corrected chi connectivity index (χ1v) is 8.51. The molecule has 0 aliphatic carbocycles. The second kappa shape index (κ2) is 7.55. The van der Waals surface area contributed by atoms with Gasteiger partial charge < -0.3 is 14.8 Å². The monoisotopic (exact) mass is 385 g/mol. The molecule has 1 saturated heterocycles. The predicted molar refractivity (Wildman–Crippen MR) is 99.2 cm³/mol. The van der Waals surface area contributed by atoms with Crippen molar-refractivity contribution in [3.63, 3.8) is 0 Å². The molecule has 0 unspecified atom stereocenters. The molecule has 1 fully saturated rings. The molecule has 1 aliphatic rings. The fourth-order valence-corrected chi connectivity index (χ4v) is 2.94. The number of methoxy groups -OCH3 is 1. The van der Waals surface area contributed by atoms with Gasteiger partial charge >= 0.3 is 6.03 Å². The zero-order valence-corrected chi connectivity index (χ0v) is 15.4. The first kappa shape index (κ1) is 19.2. The number of rotatable bonds is 7. The third-order valence-corrected chi connectivity index (χ3v) is 4.57. The molecule has 0 spiro atoms. The van der Waals surface area contributed by atoms with Crippen LogP contribution >= 0.6 is 0 Å². The van der Waals surface area contributed by atoms with E-state index in [0.29, 0.717) is 17.1 Å². The van der Waals surface area contributed by atoms with E-state index in [1.165, 1.54) is 24.3 Å². The fourth-order valence-electron chi connectivity index (χ4n) is 2.94. The molecule has 0 bridgehead atoms. The van der Waals surface area contributed by atoms with Crippen LogP contribution in [0, 0.1) is 10.1 Å². The lowest BCUT2D eigenvalue weighted by molar-refractivity contribution is -0.384. The lowest BCUT2D eigenvalue weighted by Gasteiger charge is -2.22. The van der Waals surface area contributed by atoms with Crippen LogP contribution in [0.5, 0.6) is 11.5 Å². The van der Waals surface area contributed by atoms with Crippen LogP contribution in [0.2, 0.25) is 0 Å². The molecule has 3 amide bonds. The van der Waals surface area contributed by atoms with Gasteiger partial charge in [-0.05, 0) is 48.9 Å². The number of carbonyl (C=O) groups is 2. The summed E-state index contributed by atoms with van der Waals surface area (Å²) in [4.78, 5) is 36.5. The van der Waals surface area contributed by atoms with E-state index in [9.17, 15) is 19.7 Å². The van der Waals surface area contributed by atoms with Crippen molar-refractivity contribution >= 4 is 17.6 Å². The highest BCUT2D eigenvalue weighted by atomic mass is 16.6. The highest BCUT2D eigenvalue weighted by Gasteiger charge is 2.48. The van der Waals surface area contributed by atoms with Gasteiger partial charge in [0.1, 0.15) is 23.6 Å². The Labute approximate surface area is 161 Å². The summed E-state index contributed by atoms with van der Waals surface area (Å²) in [6.07, 6.45) is 0. The summed E-state index contributed by atoms with van der Waals surface area (Å²) in [5, 5.41) is 13.4. The Morgan fingerprint density at radius 2 is 1.68 bits per heavy atom. The molecule has 0 saturated carbocycles. The maximum absolute atomic E-state index is 12.8. The molecule has 1 N–H and O–H groups in total. The number of nitro groups is 1. The Hall–Kier alpha value is -3.62. The summed E-state index contributed by atoms with van der Waals surface area (Å²) in [5.41, 5.74) is -0.907. The summed E-state index contributed by atoms with van der Waals surface area (Å²) in [6.45, 7) is 1.76. The van der Waals surface area contributed by atoms with E-state index < -0.39 is 22.4 Å². The molecule has 2 aromatic rings. The minimum atomic E-state index is -1.29. The van der Waals surface area contributed by atoms with Gasteiger partial charge in [0.15, 0.2) is 0 Å². The van der Waals surface area contributed by atoms with E-state index in [1.54, 1.807) is 38.3 Å². The van der Waals surface area contributed by atoms with Crippen LogP contribution in [0.3, 0.4) is 0 Å². The molecule has 0 aromatic heterocycles. The second-order valence-corrected chi connectivity index (χ2v) is 6.34. The summed E-state index contributed by atoms with van der Waals surface area (Å²) in [7, 11) is 1.56. The van der Waals surface area contributed by atoms with Crippen molar-refractivity contribution in [1.82, 2.24) is 10.2 Å². The quantitative estimate of drug-likeness (QED) is 0.445. The number of nitrogens with one attached hydrogen (secondary N) is 1. The molecule has 2 aromatic carbocycles. The van der Waals surface area contributed by atoms with E-state index in [1.807, 2.05) is 0 Å². The molecule has 3 rings (SSSR count). The number of carbonyl (C=O) groups excluding carboxylic acids is 2. The number of hydrogen-bond acceptors (Lipinski definition) is 6. The molecule has 1 aliphatic heterocycles. The minimum Gasteiger partial charge on any atom is -0.497 e. The van der Waals surface area contributed by atoms with Crippen molar-refractivity contribution in [1.29, 1.82) is 0 Å². The van der Waals surface area contributed by atoms with Crippen LogP contribution in [0.1, 0.15) is 12.5 Å². The lowest BCUT2D eigenvalue weighted by Crippen LogP contribution is -2.41. The number of nitro benzene ring substituents is 1. The number of non-ortho nitro benzene ring substituents is 1. The zero-order valence-electron chi connectivity index (χ0n) is 15.4. The average Bonchev–Trinajstić information content (AvgIpc) is 2.92. The van der Waals surface area contributed by atoms with Gasteiger partial charge in [0.25, 0.3) is 11.6 Å². The number of hydrogen-bond donors (Lipinski definition) is 1. The van der Waals surface area contributed by atoms with E-state index >= 15 is 0 Å². The van der Waals surface area contributed by atoms with Crippen molar-refractivity contribution in [2.75, 3.05) is 20.3 Å². The Balaban J connectivity index is 1.65. The molecule has 1 heterocycles. The van der Waals surface area contributed by atoms with Crippen LogP contribution < -0.4 is 14.8 Å². The number of nitrogens with zero attached hydrogens (tertiary/aromatic N) is 2. The first-order valence-electron chi connectivity index (χ1n) is 8.51. The molecular weight excluding hydrogens is 366 g/mol. The van der Waals surface area contributed by atoms with Crippen molar-refractivity contribution in [2.24, 2.45) is 0 Å². The van der Waals surface area contributed by atoms with Crippen molar-refractivity contribution in [3.05, 3.63) is 64.2 Å². The number of benzene rings is 2. The van der Waals surface area contributed by atoms with E-state index in [0.717, 1.165) is 4.90 Å². The third-order valence-electron chi connectivity index (χ3n) is 4.57. The van der Waals surface area contributed by atoms with Gasteiger partial charge in [-0.25, -0.2) is 4.79 Å². The summed E-state index contributed by atoms with van der Waals surface area (Å²) >= 11 is 0. The molecular formula is C19H19N3O6. The molecule has 0 radical (unpaired) electrons. The van der Waals surface area contributed by atoms with Gasteiger partial charge in [-0.3, -0.25) is 19.8 Å². The average molecular weight is 385 g/mol. The highest BCUT2D eigenvalue weighted by molar-refractivity contribution is 6.07. The lowest BCUT2D eigenvalue weighted by atomic mass is 9.92. The molecule has 146 valence electrons. The Morgan fingerprint density at radius 3 is 2.25 bits per heavy atom. The van der Waals surface area contributed by atoms with Gasteiger partial charge in [0, 0.05) is 12.1 Å². The predicted octanol–water partition coefficient (Wildman–Crippen LogP) is 2.45. The van der Waals surface area contributed by atoms with Crippen molar-refractivity contribution in [2.45, 2.75) is 12.5 Å². The largest absolute Gasteiger partial charge is 0.497 e. The maximum Gasteiger partial charge on any atom is 0.325 e. The van der Waals surface area contributed by atoms with Crippen molar-refractivity contribution in [3.8, 4) is 11.5 Å². The SMILES string of the molecule is COc1ccc(OCCN2C(=O)N[C@@](C)(c3ccc([N+](=O)[O-])cc3)C2=O)cc1. The van der Waals surface area contributed by atoms with E-state index in [4.69, 9.17) is 9.47 Å². The number of imide groups is 1. The summed E-state index contributed by atoms with van der Waals surface area (Å²) in [5.74, 6) is 0.844. The summed E-state index contributed by atoms with van der Waals surface area (Å²) < 4.78 is 10.6. The molecule has 9 nitrogen and oxygen atoms in total. The van der Waals surface area contributed by atoms with Gasteiger partial charge in [-0.2, -0.15) is 0 Å². The topological polar surface area (TPSA) is 111 Å². The standard InChI is InChI=1S/C19H19N3O6/c1-19(13-3-5-14(6-4-13)22(25)26)17(23)21(18(24)20-19)11-12-28-16-9-7-15(27-2)8-10-16/h3-10H,11-12H2,1-2H3,(H,20,24)/t19-/m0/s1. The van der Waals surface area contributed by atoms with Gasteiger partial charge in [-0.15, -0.1) is 0 Å². The molecule has 9 heteroatoms. The fraction of sp³-hybridized carbons (Fsp3) is 0.263. The van der Waals surface area contributed by atoms with Crippen LogP contribution in [-0.4, -0.2) is 42.0 Å². The van der Waals surface area contributed by atoms with Gasteiger partial charge in [0.2, 0.25) is 0 Å². The Morgan fingerprint density at radius 1 is 1.07 bits per heavy atom. The van der Waals surface area contributed by atoms with Gasteiger partial charge in [-0.1, -0.05) is 0 Å². The van der Waals surface area contributed by atoms with Crippen LogP contribution in [0.25, 0.3) is 0 Å².